The van der Waals surface area contributed by atoms with Gasteiger partial charge in [-0.1, -0.05) is 13.8 Å². The first-order chi connectivity index (χ1) is 5.24. The Hall–Kier alpha value is 0.310. The van der Waals surface area contributed by atoms with E-state index in [-0.39, 0.29) is 0 Å². The average molecular weight is 176 g/mol. The molecule has 0 saturated carbocycles. The maximum atomic E-state index is 5.09. The van der Waals surface area contributed by atoms with E-state index in [2.05, 4.69) is 20.1 Å². The summed E-state index contributed by atoms with van der Waals surface area (Å²) in [5.41, 5.74) is 0. The second-order valence-corrected chi connectivity index (χ2v) is 4.11. The van der Waals surface area contributed by atoms with E-state index < -0.39 is 0 Å². The molecule has 11 heavy (non-hydrogen) atoms. The summed E-state index contributed by atoms with van der Waals surface area (Å²) in [7, 11) is 1.77. The van der Waals surface area contributed by atoms with E-state index in [9.17, 15) is 0 Å². The Balaban J connectivity index is 3.84. The molecule has 2 heteroatoms. The molecule has 0 atom stereocenters. The fourth-order valence-electron chi connectivity index (χ4n) is 1.28. The lowest BCUT2D eigenvalue weighted by Gasteiger charge is -2.29. The molecular weight excluding hydrogens is 156 g/mol. The van der Waals surface area contributed by atoms with Crippen LogP contribution in [0.15, 0.2) is 0 Å². The molecule has 0 aliphatic rings. The van der Waals surface area contributed by atoms with Crippen LogP contribution in [0.5, 0.6) is 0 Å². The molecule has 0 heterocycles. The van der Waals surface area contributed by atoms with Crippen molar-refractivity contribution in [2.24, 2.45) is 0 Å². The number of hydrogen-bond donors (Lipinski definition) is 0. The highest BCUT2D eigenvalue weighted by atomic mass is 32.2. The van der Waals surface area contributed by atoms with Crippen molar-refractivity contribution in [1.29, 1.82) is 0 Å². The first-order valence-corrected chi connectivity index (χ1v) is 5.51. The Kier molecular flexibility index (Phi) is 6.06. The Morgan fingerprint density at radius 3 is 2.09 bits per heavy atom. The molecule has 0 aliphatic heterocycles. The predicted molar refractivity (Wildman–Crippen MR) is 53.3 cm³/mol. The van der Waals surface area contributed by atoms with Crippen molar-refractivity contribution in [1.82, 2.24) is 0 Å². The number of ether oxygens (including phenoxy) is 1. The van der Waals surface area contributed by atoms with Crippen LogP contribution in [0.1, 0.15) is 33.1 Å². The minimum atomic E-state index is 0.468. The molecule has 0 aromatic rings. The molecule has 0 rings (SSSR count). The first kappa shape index (κ1) is 11.3. The number of rotatable bonds is 6. The minimum Gasteiger partial charge on any atom is -0.385 e. The van der Waals surface area contributed by atoms with Crippen LogP contribution in [0.2, 0.25) is 0 Å². The van der Waals surface area contributed by atoms with Crippen molar-refractivity contribution in [2.45, 2.75) is 37.9 Å². The van der Waals surface area contributed by atoms with Gasteiger partial charge in [-0.2, -0.15) is 11.8 Å². The topological polar surface area (TPSA) is 9.23 Å². The third-order valence-electron chi connectivity index (χ3n) is 2.48. The van der Waals surface area contributed by atoms with E-state index in [1.807, 2.05) is 11.8 Å². The van der Waals surface area contributed by atoms with Crippen molar-refractivity contribution < 1.29 is 4.74 Å². The Bertz CT molecular complexity index is 81.3. The van der Waals surface area contributed by atoms with Gasteiger partial charge in [-0.3, -0.25) is 0 Å². The maximum absolute atomic E-state index is 5.09. The summed E-state index contributed by atoms with van der Waals surface area (Å²) in [5, 5.41) is 0. The number of hydrogen-bond acceptors (Lipinski definition) is 2. The molecular formula is C9H20OS. The quantitative estimate of drug-likeness (QED) is 0.615. The molecule has 0 aromatic carbocycles. The summed E-state index contributed by atoms with van der Waals surface area (Å²) in [6, 6.07) is 0. The van der Waals surface area contributed by atoms with Gasteiger partial charge in [0.1, 0.15) is 0 Å². The lowest BCUT2D eigenvalue weighted by Crippen LogP contribution is -2.24. The first-order valence-electron chi connectivity index (χ1n) is 4.28. The maximum Gasteiger partial charge on any atom is 0.0475 e. The molecule has 0 aromatic heterocycles. The molecule has 0 spiro atoms. The van der Waals surface area contributed by atoms with E-state index >= 15 is 0 Å². The summed E-state index contributed by atoms with van der Waals surface area (Å²) in [5.74, 6) is 0. The lowest BCUT2D eigenvalue weighted by molar-refractivity contribution is 0.181. The van der Waals surface area contributed by atoms with Gasteiger partial charge in [-0.25, -0.2) is 0 Å². The van der Waals surface area contributed by atoms with Gasteiger partial charge in [0, 0.05) is 18.5 Å². The smallest absolute Gasteiger partial charge is 0.0475 e. The lowest BCUT2D eigenvalue weighted by atomic mass is 9.99. The largest absolute Gasteiger partial charge is 0.385 e. The summed E-state index contributed by atoms with van der Waals surface area (Å²) >= 11 is 1.98. The highest BCUT2D eigenvalue weighted by Gasteiger charge is 2.23. The van der Waals surface area contributed by atoms with Crippen LogP contribution in [-0.4, -0.2) is 24.7 Å². The zero-order valence-electron chi connectivity index (χ0n) is 8.14. The van der Waals surface area contributed by atoms with E-state index in [4.69, 9.17) is 4.74 Å². The Morgan fingerprint density at radius 1 is 1.27 bits per heavy atom. The second kappa shape index (κ2) is 5.90. The van der Waals surface area contributed by atoms with Gasteiger partial charge in [0.25, 0.3) is 0 Å². The van der Waals surface area contributed by atoms with Crippen LogP contribution in [0, 0.1) is 0 Å². The van der Waals surface area contributed by atoms with Gasteiger partial charge in [0.2, 0.25) is 0 Å². The van der Waals surface area contributed by atoms with Gasteiger partial charge in [-0.15, -0.1) is 0 Å². The molecule has 0 amide bonds. The number of methoxy groups -OCH3 is 1. The molecule has 0 radical (unpaired) electrons. The summed E-state index contributed by atoms with van der Waals surface area (Å²) in [4.78, 5) is 0. The number of thioether (sulfide) groups is 1. The van der Waals surface area contributed by atoms with Crippen LogP contribution in [-0.2, 0) is 4.74 Å². The average Bonchev–Trinajstić information content (AvgIpc) is 2.08. The van der Waals surface area contributed by atoms with Gasteiger partial charge in [0.15, 0.2) is 0 Å². The third-order valence-corrected chi connectivity index (χ3v) is 4.13. The fourth-order valence-corrected chi connectivity index (χ4v) is 2.15. The van der Waals surface area contributed by atoms with Crippen LogP contribution in [0.25, 0.3) is 0 Å². The molecule has 0 fully saturated rings. The van der Waals surface area contributed by atoms with E-state index in [1.54, 1.807) is 7.11 Å². The van der Waals surface area contributed by atoms with E-state index in [0.29, 0.717) is 4.75 Å². The SMILES string of the molecule is CCC(CC)(CCOC)SC. The molecule has 0 N–H and O–H groups in total. The molecule has 68 valence electrons. The van der Waals surface area contributed by atoms with Crippen molar-refractivity contribution in [3.8, 4) is 0 Å². The highest BCUT2D eigenvalue weighted by Crippen LogP contribution is 2.33. The monoisotopic (exact) mass is 176 g/mol. The van der Waals surface area contributed by atoms with Gasteiger partial charge in [-0.05, 0) is 25.5 Å². The summed E-state index contributed by atoms with van der Waals surface area (Å²) in [6.07, 6.45) is 5.86. The predicted octanol–water partition coefficient (Wildman–Crippen LogP) is 2.94. The minimum absolute atomic E-state index is 0.468. The standard InChI is InChI=1S/C9H20OS/c1-5-9(6-2,11-4)7-8-10-3/h5-8H2,1-4H3. The third kappa shape index (κ3) is 3.48. The highest BCUT2D eigenvalue weighted by molar-refractivity contribution is 8.00. The zero-order chi connectivity index (χ0) is 8.74. The zero-order valence-corrected chi connectivity index (χ0v) is 8.96. The van der Waals surface area contributed by atoms with Gasteiger partial charge < -0.3 is 4.74 Å². The molecule has 1 nitrogen and oxygen atoms in total. The van der Waals surface area contributed by atoms with Crippen molar-refractivity contribution in [2.75, 3.05) is 20.0 Å². The normalized spacial score (nSPS) is 12.0. The molecule has 0 unspecified atom stereocenters. The summed E-state index contributed by atoms with van der Waals surface area (Å²) < 4.78 is 5.56. The molecule has 0 bridgehead atoms. The van der Waals surface area contributed by atoms with Crippen molar-refractivity contribution in [3.63, 3.8) is 0 Å². The van der Waals surface area contributed by atoms with Gasteiger partial charge >= 0.3 is 0 Å². The van der Waals surface area contributed by atoms with Crippen LogP contribution < -0.4 is 0 Å². The van der Waals surface area contributed by atoms with Crippen LogP contribution in [0.3, 0.4) is 0 Å². The Morgan fingerprint density at radius 2 is 1.82 bits per heavy atom. The summed E-state index contributed by atoms with van der Waals surface area (Å²) in [6.45, 7) is 5.41. The molecule has 0 saturated heterocycles. The van der Waals surface area contributed by atoms with Crippen molar-refractivity contribution >= 4 is 11.8 Å². The Labute approximate surface area is 74.9 Å². The molecule has 0 aliphatic carbocycles. The van der Waals surface area contributed by atoms with Crippen LogP contribution in [0.4, 0.5) is 0 Å². The van der Waals surface area contributed by atoms with Gasteiger partial charge in [0.05, 0.1) is 0 Å². The fraction of sp³-hybridized carbons (Fsp3) is 1.00. The second-order valence-electron chi connectivity index (χ2n) is 2.84. The van der Waals surface area contributed by atoms with E-state index in [1.165, 1.54) is 19.3 Å². The van der Waals surface area contributed by atoms with Crippen LogP contribution >= 0.6 is 11.8 Å². The van der Waals surface area contributed by atoms with E-state index in [0.717, 1.165) is 6.61 Å². The van der Waals surface area contributed by atoms with Crippen molar-refractivity contribution in [3.05, 3.63) is 0 Å².